The van der Waals surface area contributed by atoms with Gasteiger partial charge in [0.1, 0.15) is 0 Å². The van der Waals surface area contributed by atoms with Crippen molar-refractivity contribution in [2.45, 2.75) is 44.3 Å². The van der Waals surface area contributed by atoms with E-state index in [1.54, 1.807) is 0 Å². The van der Waals surface area contributed by atoms with Crippen LogP contribution in [0.1, 0.15) is 42.1 Å². The van der Waals surface area contributed by atoms with Crippen LogP contribution in [0.5, 0.6) is 0 Å². The normalized spacial score (nSPS) is 13.9. The first-order valence-corrected chi connectivity index (χ1v) is 13.7. The summed E-state index contributed by atoms with van der Waals surface area (Å²) in [6, 6.07) is 27.3. The zero-order valence-corrected chi connectivity index (χ0v) is 21.6. The molecule has 36 heavy (non-hydrogen) atoms. The quantitative estimate of drug-likeness (QED) is 0.169. The number of rotatable bonds is 10. The van der Waals surface area contributed by atoms with Crippen LogP contribution >= 0.6 is 11.8 Å². The van der Waals surface area contributed by atoms with Crippen LogP contribution in [0, 0.1) is 6.92 Å². The van der Waals surface area contributed by atoms with Crippen molar-refractivity contribution in [1.29, 1.82) is 0 Å². The molecule has 0 saturated heterocycles. The monoisotopic (exact) mass is 497 g/mol. The molecule has 4 aromatic rings. The molecule has 1 saturated carbocycles. The van der Waals surface area contributed by atoms with E-state index in [1.165, 1.54) is 11.1 Å². The molecule has 0 N–H and O–H groups in total. The minimum atomic E-state index is -0.432. The van der Waals surface area contributed by atoms with Crippen molar-refractivity contribution < 1.29 is 14.1 Å². The molecular formula is C31H31NO3S. The van der Waals surface area contributed by atoms with E-state index in [4.69, 9.17) is 9.26 Å². The Morgan fingerprint density at radius 1 is 0.944 bits per heavy atom. The molecular weight excluding hydrogens is 466 g/mol. The number of thioether (sulfide) groups is 1. The number of esters is 1. The number of hydrogen-bond acceptors (Lipinski definition) is 5. The highest BCUT2D eigenvalue weighted by atomic mass is 32.2. The number of nitrogens with zero attached hydrogens (tertiary/aromatic N) is 1. The second-order valence-electron chi connectivity index (χ2n) is 9.32. The van der Waals surface area contributed by atoms with Crippen LogP contribution in [0.15, 0.2) is 83.4 Å². The van der Waals surface area contributed by atoms with Gasteiger partial charge in [0.05, 0.1) is 17.7 Å². The van der Waals surface area contributed by atoms with E-state index in [2.05, 4.69) is 84.0 Å². The van der Waals surface area contributed by atoms with E-state index >= 15 is 0 Å². The van der Waals surface area contributed by atoms with Crippen LogP contribution in [-0.4, -0.2) is 23.5 Å². The number of hydrogen-bond donors (Lipinski definition) is 0. The summed E-state index contributed by atoms with van der Waals surface area (Å²) < 4.78 is 11.0. The fourth-order valence-electron chi connectivity index (χ4n) is 4.60. The Hall–Kier alpha value is -3.31. The van der Waals surface area contributed by atoms with E-state index in [-0.39, 0.29) is 5.97 Å². The Labute approximate surface area is 217 Å². The highest BCUT2D eigenvalue weighted by Gasteiger charge is 2.52. The summed E-state index contributed by atoms with van der Waals surface area (Å²) >= 11 is 1.91. The molecule has 0 bridgehead atoms. The van der Waals surface area contributed by atoms with E-state index in [0.717, 1.165) is 64.5 Å². The molecule has 5 heteroatoms. The van der Waals surface area contributed by atoms with Gasteiger partial charge in [0, 0.05) is 16.9 Å². The average molecular weight is 498 g/mol. The molecule has 4 nitrogen and oxygen atoms in total. The summed E-state index contributed by atoms with van der Waals surface area (Å²) in [6.07, 6.45) is 2.78. The van der Waals surface area contributed by atoms with Crippen molar-refractivity contribution >= 4 is 17.7 Å². The molecule has 0 aliphatic heterocycles. The molecule has 3 aromatic carbocycles. The Balaban J connectivity index is 1.25. The number of benzene rings is 3. The van der Waals surface area contributed by atoms with Gasteiger partial charge in [0.2, 0.25) is 0 Å². The van der Waals surface area contributed by atoms with Crippen molar-refractivity contribution in [1.82, 2.24) is 5.16 Å². The standard InChI is InChI=1S/C31H31NO3S/c1-3-34-30(33)31(18-19-31)27-15-13-25(14-16-27)24-9-11-26(12-10-24)29-28(22(2)32-35-29)21-36-20-17-23-7-5-4-6-8-23/h4-16H,3,17-21H2,1-2H3. The summed E-state index contributed by atoms with van der Waals surface area (Å²) in [6.45, 7) is 4.29. The summed E-state index contributed by atoms with van der Waals surface area (Å²) in [4.78, 5) is 12.4. The van der Waals surface area contributed by atoms with Gasteiger partial charge in [-0.25, -0.2) is 0 Å². The highest BCUT2D eigenvalue weighted by Crippen LogP contribution is 2.49. The average Bonchev–Trinajstić information content (AvgIpc) is 3.66. The topological polar surface area (TPSA) is 52.3 Å². The second kappa shape index (κ2) is 10.8. The van der Waals surface area contributed by atoms with Gasteiger partial charge in [-0.15, -0.1) is 0 Å². The number of ether oxygens (including phenoxy) is 1. The fraction of sp³-hybridized carbons (Fsp3) is 0.290. The first-order chi connectivity index (χ1) is 17.6. The smallest absolute Gasteiger partial charge is 0.316 e. The largest absolute Gasteiger partial charge is 0.465 e. The van der Waals surface area contributed by atoms with Crippen LogP contribution in [0.4, 0.5) is 0 Å². The number of aryl methyl sites for hydroxylation is 2. The molecule has 1 aliphatic rings. The van der Waals surface area contributed by atoms with Crippen molar-refractivity contribution in [3.63, 3.8) is 0 Å². The SMILES string of the molecule is CCOC(=O)C1(c2ccc(-c3ccc(-c4onc(C)c4CSCCc4ccccc4)cc3)cc2)CC1. The molecule has 0 spiro atoms. The lowest BCUT2D eigenvalue weighted by Crippen LogP contribution is -2.23. The molecule has 1 aromatic heterocycles. The van der Waals surface area contributed by atoms with Gasteiger partial charge >= 0.3 is 5.97 Å². The molecule has 0 atom stereocenters. The number of carbonyl (C=O) groups is 1. The fourth-order valence-corrected chi connectivity index (χ4v) is 5.66. The van der Waals surface area contributed by atoms with E-state index < -0.39 is 5.41 Å². The predicted octanol–water partition coefficient (Wildman–Crippen LogP) is 7.39. The molecule has 0 radical (unpaired) electrons. The third kappa shape index (κ3) is 5.12. The van der Waals surface area contributed by atoms with Crippen molar-refractivity contribution in [2.24, 2.45) is 0 Å². The highest BCUT2D eigenvalue weighted by molar-refractivity contribution is 7.98. The Morgan fingerprint density at radius 3 is 2.22 bits per heavy atom. The molecule has 0 unspecified atom stereocenters. The second-order valence-corrected chi connectivity index (χ2v) is 10.4. The summed E-state index contributed by atoms with van der Waals surface area (Å²) in [7, 11) is 0. The van der Waals surface area contributed by atoms with Gasteiger partial charge in [-0.2, -0.15) is 11.8 Å². The Kier molecular flexibility index (Phi) is 7.28. The third-order valence-corrected chi connectivity index (χ3v) is 7.93. The molecule has 184 valence electrons. The zero-order valence-electron chi connectivity index (χ0n) is 20.8. The summed E-state index contributed by atoms with van der Waals surface area (Å²) in [5.41, 5.74) is 7.38. The van der Waals surface area contributed by atoms with Crippen LogP contribution in [0.3, 0.4) is 0 Å². The first kappa shape index (κ1) is 24.4. The summed E-state index contributed by atoms with van der Waals surface area (Å²) in [5, 5.41) is 4.25. The van der Waals surface area contributed by atoms with Crippen LogP contribution in [-0.2, 0) is 27.1 Å². The minimum absolute atomic E-state index is 0.0986. The van der Waals surface area contributed by atoms with Crippen LogP contribution < -0.4 is 0 Å². The lowest BCUT2D eigenvalue weighted by molar-refractivity contribution is -0.146. The van der Waals surface area contributed by atoms with E-state index in [0.29, 0.717) is 6.61 Å². The maximum atomic E-state index is 12.4. The van der Waals surface area contributed by atoms with E-state index in [1.807, 2.05) is 25.6 Å². The van der Waals surface area contributed by atoms with Gasteiger partial charge in [-0.1, -0.05) is 84.0 Å². The molecule has 1 aliphatic carbocycles. The predicted molar refractivity (Wildman–Crippen MR) is 146 cm³/mol. The third-order valence-electron chi connectivity index (χ3n) is 6.94. The lowest BCUT2D eigenvalue weighted by Gasteiger charge is -2.14. The molecule has 1 heterocycles. The zero-order chi connectivity index (χ0) is 25.0. The van der Waals surface area contributed by atoms with Gasteiger partial charge in [0.25, 0.3) is 0 Å². The van der Waals surface area contributed by atoms with Gasteiger partial charge in [0.15, 0.2) is 5.76 Å². The van der Waals surface area contributed by atoms with Crippen LogP contribution in [0.2, 0.25) is 0 Å². The van der Waals surface area contributed by atoms with Crippen molar-refractivity contribution in [3.05, 3.63) is 101 Å². The molecule has 5 rings (SSSR count). The van der Waals surface area contributed by atoms with Gasteiger partial charge < -0.3 is 9.26 Å². The maximum absolute atomic E-state index is 12.4. The van der Waals surface area contributed by atoms with Gasteiger partial charge in [-0.3, -0.25) is 4.79 Å². The summed E-state index contributed by atoms with van der Waals surface area (Å²) in [5.74, 6) is 2.69. The van der Waals surface area contributed by atoms with Crippen molar-refractivity contribution in [2.75, 3.05) is 12.4 Å². The Morgan fingerprint density at radius 2 is 1.58 bits per heavy atom. The van der Waals surface area contributed by atoms with Crippen molar-refractivity contribution in [3.8, 4) is 22.5 Å². The molecule has 1 fully saturated rings. The van der Waals surface area contributed by atoms with E-state index in [9.17, 15) is 4.79 Å². The number of carbonyl (C=O) groups excluding carboxylic acids is 1. The van der Waals surface area contributed by atoms with Gasteiger partial charge in [-0.05, 0) is 61.1 Å². The lowest BCUT2D eigenvalue weighted by atomic mass is 9.93. The molecule has 0 amide bonds. The number of aromatic nitrogens is 1. The van der Waals surface area contributed by atoms with Crippen LogP contribution in [0.25, 0.3) is 22.5 Å². The Bertz CT molecular complexity index is 1310. The maximum Gasteiger partial charge on any atom is 0.316 e. The first-order valence-electron chi connectivity index (χ1n) is 12.6. The minimum Gasteiger partial charge on any atom is -0.465 e.